The van der Waals surface area contributed by atoms with Crippen LogP contribution < -0.4 is 10.9 Å². The maximum absolute atomic E-state index is 12.8. The summed E-state index contributed by atoms with van der Waals surface area (Å²) in [7, 11) is 0. The molecular formula is C17H15N3O2S2. The van der Waals surface area contributed by atoms with E-state index >= 15 is 0 Å². The number of nitrogens with zero attached hydrogens (tertiary/aromatic N) is 2. The monoisotopic (exact) mass is 357 g/mol. The molecule has 2 heterocycles. The highest BCUT2D eigenvalue weighted by Gasteiger charge is 2.15. The zero-order chi connectivity index (χ0) is 16.9. The van der Waals surface area contributed by atoms with E-state index < -0.39 is 0 Å². The number of aromatic nitrogens is 2. The van der Waals surface area contributed by atoms with Crippen LogP contribution in [0.25, 0.3) is 15.9 Å². The van der Waals surface area contributed by atoms with Gasteiger partial charge in [-0.1, -0.05) is 36.0 Å². The smallest absolute Gasteiger partial charge is 0.276 e. The highest BCUT2D eigenvalue weighted by molar-refractivity contribution is 7.99. The van der Waals surface area contributed by atoms with Crippen LogP contribution in [0.1, 0.15) is 0 Å². The summed E-state index contributed by atoms with van der Waals surface area (Å²) < 4.78 is 2.17. The molecule has 3 aromatic rings. The van der Waals surface area contributed by atoms with E-state index in [2.05, 4.69) is 16.9 Å². The molecule has 1 aromatic carbocycles. The number of hydrogen-bond donors (Lipinski definition) is 1. The minimum atomic E-state index is -0.126. The molecule has 3 rings (SSSR count). The zero-order valence-corrected chi connectivity index (χ0v) is 14.4. The van der Waals surface area contributed by atoms with Crippen LogP contribution in [-0.4, -0.2) is 27.8 Å². The van der Waals surface area contributed by atoms with Crippen molar-refractivity contribution in [1.29, 1.82) is 0 Å². The lowest BCUT2D eigenvalue weighted by Gasteiger charge is -2.11. The van der Waals surface area contributed by atoms with Gasteiger partial charge in [0.2, 0.25) is 5.91 Å². The fourth-order valence-corrected chi connectivity index (χ4v) is 3.76. The van der Waals surface area contributed by atoms with Crippen molar-refractivity contribution in [2.75, 3.05) is 12.3 Å². The van der Waals surface area contributed by atoms with Crippen molar-refractivity contribution in [2.24, 2.45) is 0 Å². The molecule has 0 unspecified atom stereocenters. The highest BCUT2D eigenvalue weighted by atomic mass is 32.2. The molecule has 1 amide bonds. The molecule has 0 radical (unpaired) electrons. The summed E-state index contributed by atoms with van der Waals surface area (Å²) in [4.78, 5) is 29.2. The molecule has 1 N–H and O–H groups in total. The predicted molar refractivity (Wildman–Crippen MR) is 99.1 cm³/mol. The number of carbonyl (C=O) groups excluding carboxylic acids is 1. The molecule has 0 atom stereocenters. The maximum atomic E-state index is 12.8. The number of amides is 1. The van der Waals surface area contributed by atoms with Crippen LogP contribution in [0.5, 0.6) is 0 Å². The van der Waals surface area contributed by atoms with E-state index in [9.17, 15) is 9.59 Å². The topological polar surface area (TPSA) is 64.0 Å². The second-order valence-corrected chi connectivity index (χ2v) is 6.75. The van der Waals surface area contributed by atoms with Gasteiger partial charge in [-0.2, -0.15) is 0 Å². The van der Waals surface area contributed by atoms with E-state index in [0.29, 0.717) is 21.9 Å². The summed E-state index contributed by atoms with van der Waals surface area (Å²) in [6.45, 7) is 3.98. The molecular weight excluding hydrogens is 342 g/mol. The number of benzene rings is 1. The molecule has 0 spiro atoms. The number of carbonyl (C=O) groups is 1. The van der Waals surface area contributed by atoms with Crippen LogP contribution in [0.4, 0.5) is 0 Å². The normalized spacial score (nSPS) is 10.7. The number of fused-ring (bicyclic) bond motifs is 1. The van der Waals surface area contributed by atoms with E-state index in [-0.39, 0.29) is 17.2 Å². The Hall–Kier alpha value is -2.38. The third kappa shape index (κ3) is 3.42. The second-order valence-electron chi connectivity index (χ2n) is 4.89. The molecule has 0 fully saturated rings. The SMILES string of the molecule is C=CCNC(=O)CSc1nc2ccsc2c(=O)n1-c1ccccc1. The number of thioether (sulfide) groups is 1. The van der Waals surface area contributed by atoms with Gasteiger partial charge in [0.25, 0.3) is 5.56 Å². The van der Waals surface area contributed by atoms with Crippen molar-refractivity contribution in [3.63, 3.8) is 0 Å². The van der Waals surface area contributed by atoms with Gasteiger partial charge in [-0.15, -0.1) is 17.9 Å². The summed E-state index contributed by atoms with van der Waals surface area (Å²) in [6.07, 6.45) is 1.62. The van der Waals surface area contributed by atoms with Gasteiger partial charge in [0, 0.05) is 6.54 Å². The van der Waals surface area contributed by atoms with Crippen molar-refractivity contribution in [1.82, 2.24) is 14.9 Å². The highest BCUT2D eigenvalue weighted by Crippen LogP contribution is 2.23. The molecule has 0 aliphatic carbocycles. The fourth-order valence-electron chi connectivity index (χ4n) is 2.16. The first-order chi connectivity index (χ1) is 11.7. The summed E-state index contributed by atoms with van der Waals surface area (Å²) in [6, 6.07) is 11.1. The van der Waals surface area contributed by atoms with Gasteiger partial charge in [0.15, 0.2) is 5.16 Å². The lowest BCUT2D eigenvalue weighted by atomic mass is 10.3. The summed E-state index contributed by atoms with van der Waals surface area (Å²) >= 11 is 2.61. The van der Waals surface area contributed by atoms with Crippen LogP contribution in [0.3, 0.4) is 0 Å². The first-order valence-electron chi connectivity index (χ1n) is 7.27. The predicted octanol–water partition coefficient (Wildman–Crippen LogP) is 2.84. The molecule has 122 valence electrons. The first kappa shape index (κ1) is 16.5. The molecule has 0 bridgehead atoms. The third-order valence-corrected chi connectivity index (χ3v) is 5.07. The van der Waals surface area contributed by atoms with Crippen LogP contribution in [0.15, 0.2) is 64.4 Å². The van der Waals surface area contributed by atoms with Crippen molar-refractivity contribution in [2.45, 2.75) is 5.16 Å². The zero-order valence-electron chi connectivity index (χ0n) is 12.8. The fraction of sp³-hybridized carbons (Fsp3) is 0.118. The maximum Gasteiger partial charge on any atom is 0.276 e. The van der Waals surface area contributed by atoms with Crippen molar-refractivity contribution >= 4 is 39.2 Å². The molecule has 0 saturated carbocycles. The summed E-state index contributed by atoms with van der Waals surface area (Å²) in [5, 5.41) is 5.07. The van der Waals surface area contributed by atoms with E-state index in [1.165, 1.54) is 23.1 Å². The summed E-state index contributed by atoms with van der Waals surface area (Å²) in [5.41, 5.74) is 1.28. The van der Waals surface area contributed by atoms with Crippen LogP contribution in [0, 0.1) is 0 Å². The van der Waals surface area contributed by atoms with Gasteiger partial charge in [-0.25, -0.2) is 4.98 Å². The van der Waals surface area contributed by atoms with Gasteiger partial charge < -0.3 is 5.32 Å². The van der Waals surface area contributed by atoms with Crippen LogP contribution in [0.2, 0.25) is 0 Å². The minimum Gasteiger partial charge on any atom is -0.352 e. The van der Waals surface area contributed by atoms with Gasteiger partial charge >= 0.3 is 0 Å². The van der Waals surface area contributed by atoms with Gasteiger partial charge in [0.1, 0.15) is 4.70 Å². The Labute approximate surface area is 147 Å². The molecule has 0 aliphatic rings. The van der Waals surface area contributed by atoms with E-state index in [1.54, 1.807) is 10.6 Å². The number of para-hydroxylation sites is 1. The lowest BCUT2D eigenvalue weighted by Crippen LogP contribution is -2.26. The van der Waals surface area contributed by atoms with Crippen molar-refractivity contribution < 1.29 is 4.79 Å². The van der Waals surface area contributed by atoms with Crippen molar-refractivity contribution in [3.05, 3.63) is 64.8 Å². The van der Waals surface area contributed by atoms with Gasteiger partial charge in [-0.05, 0) is 23.6 Å². The van der Waals surface area contributed by atoms with E-state index in [0.717, 1.165) is 5.69 Å². The number of thiophene rings is 1. The Morgan fingerprint density at radius 2 is 2.12 bits per heavy atom. The third-order valence-electron chi connectivity index (χ3n) is 3.24. The Morgan fingerprint density at radius 3 is 2.88 bits per heavy atom. The quantitative estimate of drug-likeness (QED) is 0.419. The standard InChI is InChI=1S/C17H15N3O2S2/c1-2-9-18-14(21)11-24-17-19-13-8-10-23-15(13)16(22)20(17)12-6-4-3-5-7-12/h2-8,10H,1,9,11H2,(H,18,21). The minimum absolute atomic E-state index is 0.116. The largest absolute Gasteiger partial charge is 0.352 e. The Kier molecular flexibility index (Phi) is 5.12. The number of hydrogen-bond acceptors (Lipinski definition) is 5. The van der Waals surface area contributed by atoms with Crippen LogP contribution >= 0.6 is 23.1 Å². The molecule has 7 heteroatoms. The first-order valence-corrected chi connectivity index (χ1v) is 9.13. The van der Waals surface area contributed by atoms with E-state index in [1.807, 2.05) is 41.8 Å². The average molecular weight is 357 g/mol. The second kappa shape index (κ2) is 7.46. The average Bonchev–Trinajstić information content (AvgIpc) is 3.08. The van der Waals surface area contributed by atoms with Gasteiger partial charge in [-0.3, -0.25) is 14.2 Å². The Morgan fingerprint density at radius 1 is 1.33 bits per heavy atom. The lowest BCUT2D eigenvalue weighted by molar-refractivity contribution is -0.118. The van der Waals surface area contributed by atoms with Gasteiger partial charge in [0.05, 0.1) is 17.0 Å². The number of rotatable bonds is 6. The van der Waals surface area contributed by atoms with E-state index in [4.69, 9.17) is 0 Å². The number of nitrogens with one attached hydrogen (secondary N) is 1. The molecule has 0 aliphatic heterocycles. The molecule has 2 aromatic heterocycles. The molecule has 0 saturated heterocycles. The Bertz CT molecular complexity index is 932. The Balaban J connectivity index is 2.00. The summed E-state index contributed by atoms with van der Waals surface area (Å²) in [5.74, 6) is 0.0575. The molecule has 24 heavy (non-hydrogen) atoms. The van der Waals surface area contributed by atoms with Crippen molar-refractivity contribution in [3.8, 4) is 5.69 Å². The van der Waals surface area contributed by atoms with Crippen LogP contribution in [-0.2, 0) is 4.79 Å². The molecule has 5 nitrogen and oxygen atoms in total.